The first kappa shape index (κ1) is 9.13. The SMILES string of the molecule is Cc1ccccc1C(F)(F)CO. The lowest BCUT2D eigenvalue weighted by atomic mass is 10.0. The number of hydrogen-bond donors (Lipinski definition) is 1. The molecule has 66 valence electrons. The van der Waals surface area contributed by atoms with Gasteiger partial charge in [-0.1, -0.05) is 24.3 Å². The summed E-state index contributed by atoms with van der Waals surface area (Å²) < 4.78 is 25.8. The highest BCUT2D eigenvalue weighted by Gasteiger charge is 2.31. The van der Waals surface area contributed by atoms with Crippen molar-refractivity contribution < 1.29 is 13.9 Å². The van der Waals surface area contributed by atoms with Crippen LogP contribution in [-0.4, -0.2) is 11.7 Å². The molecule has 1 nitrogen and oxygen atoms in total. The number of aliphatic hydroxyl groups excluding tert-OH is 1. The first-order valence-electron chi connectivity index (χ1n) is 3.63. The van der Waals surface area contributed by atoms with Gasteiger partial charge in [0.25, 0.3) is 5.92 Å². The van der Waals surface area contributed by atoms with Gasteiger partial charge in [0, 0.05) is 5.56 Å². The van der Waals surface area contributed by atoms with E-state index in [9.17, 15) is 8.78 Å². The first-order chi connectivity index (χ1) is 5.58. The fourth-order valence-corrected chi connectivity index (χ4v) is 1.07. The van der Waals surface area contributed by atoms with Crippen LogP contribution in [0.5, 0.6) is 0 Å². The molecule has 0 amide bonds. The van der Waals surface area contributed by atoms with Crippen LogP contribution in [-0.2, 0) is 5.92 Å². The minimum Gasteiger partial charge on any atom is -0.390 e. The van der Waals surface area contributed by atoms with Gasteiger partial charge in [0.1, 0.15) is 6.61 Å². The Balaban J connectivity index is 3.10. The number of aliphatic hydroxyl groups is 1. The topological polar surface area (TPSA) is 20.2 Å². The zero-order valence-corrected chi connectivity index (χ0v) is 6.72. The Morgan fingerprint density at radius 2 is 1.92 bits per heavy atom. The third-order valence-electron chi connectivity index (χ3n) is 1.74. The van der Waals surface area contributed by atoms with Crippen LogP contribution < -0.4 is 0 Å². The molecule has 1 N–H and O–H groups in total. The van der Waals surface area contributed by atoms with Gasteiger partial charge in [0.05, 0.1) is 0 Å². The van der Waals surface area contributed by atoms with E-state index in [1.165, 1.54) is 12.1 Å². The van der Waals surface area contributed by atoms with Crippen molar-refractivity contribution in [3.05, 3.63) is 35.4 Å². The van der Waals surface area contributed by atoms with Crippen molar-refractivity contribution in [1.82, 2.24) is 0 Å². The molecule has 0 radical (unpaired) electrons. The molecule has 1 aromatic rings. The van der Waals surface area contributed by atoms with Crippen molar-refractivity contribution in [2.24, 2.45) is 0 Å². The zero-order valence-electron chi connectivity index (χ0n) is 6.72. The van der Waals surface area contributed by atoms with E-state index in [2.05, 4.69) is 0 Å². The summed E-state index contributed by atoms with van der Waals surface area (Å²) in [6.07, 6.45) is 0. The average Bonchev–Trinajstić information content (AvgIpc) is 2.05. The summed E-state index contributed by atoms with van der Waals surface area (Å²) >= 11 is 0. The lowest BCUT2D eigenvalue weighted by Gasteiger charge is -2.15. The first-order valence-corrected chi connectivity index (χ1v) is 3.63. The Bertz CT molecular complexity index is 271. The van der Waals surface area contributed by atoms with Crippen molar-refractivity contribution in [1.29, 1.82) is 0 Å². The van der Waals surface area contributed by atoms with Crippen molar-refractivity contribution in [2.75, 3.05) is 6.61 Å². The predicted octanol–water partition coefficient (Wildman–Crippen LogP) is 2.08. The van der Waals surface area contributed by atoms with E-state index >= 15 is 0 Å². The number of aryl methyl sites for hydroxylation is 1. The molecule has 0 aliphatic carbocycles. The van der Waals surface area contributed by atoms with E-state index in [1.807, 2.05) is 0 Å². The molecule has 3 heteroatoms. The Labute approximate surface area is 69.7 Å². The fraction of sp³-hybridized carbons (Fsp3) is 0.333. The van der Waals surface area contributed by atoms with Crippen LogP contribution >= 0.6 is 0 Å². The molecule has 12 heavy (non-hydrogen) atoms. The molecular formula is C9H10F2O. The lowest BCUT2D eigenvalue weighted by molar-refractivity contribution is -0.0561. The van der Waals surface area contributed by atoms with Crippen LogP contribution in [0.4, 0.5) is 8.78 Å². The van der Waals surface area contributed by atoms with E-state index in [1.54, 1.807) is 19.1 Å². The molecule has 0 spiro atoms. The largest absolute Gasteiger partial charge is 0.390 e. The Morgan fingerprint density at radius 3 is 2.42 bits per heavy atom. The van der Waals surface area contributed by atoms with Gasteiger partial charge in [-0.15, -0.1) is 0 Å². The number of rotatable bonds is 2. The van der Waals surface area contributed by atoms with Gasteiger partial charge in [-0.05, 0) is 12.5 Å². The van der Waals surface area contributed by atoms with E-state index in [0.29, 0.717) is 5.56 Å². The summed E-state index contributed by atoms with van der Waals surface area (Å²) in [7, 11) is 0. The zero-order chi connectivity index (χ0) is 9.19. The van der Waals surface area contributed by atoms with E-state index in [0.717, 1.165) is 0 Å². The van der Waals surface area contributed by atoms with Gasteiger partial charge in [-0.2, -0.15) is 8.78 Å². The van der Waals surface area contributed by atoms with Gasteiger partial charge >= 0.3 is 0 Å². The van der Waals surface area contributed by atoms with Gasteiger partial charge < -0.3 is 5.11 Å². The smallest absolute Gasteiger partial charge is 0.296 e. The van der Waals surface area contributed by atoms with Crippen LogP contribution in [0.1, 0.15) is 11.1 Å². The minimum atomic E-state index is -3.12. The predicted molar refractivity (Wildman–Crippen MR) is 42.2 cm³/mol. The van der Waals surface area contributed by atoms with Gasteiger partial charge in [0.15, 0.2) is 0 Å². The second kappa shape index (κ2) is 3.19. The average molecular weight is 172 g/mol. The molecule has 0 aromatic heterocycles. The fourth-order valence-electron chi connectivity index (χ4n) is 1.07. The maximum Gasteiger partial charge on any atom is 0.296 e. The third-order valence-corrected chi connectivity index (χ3v) is 1.74. The highest BCUT2D eigenvalue weighted by Crippen LogP contribution is 2.29. The molecular weight excluding hydrogens is 162 g/mol. The molecule has 0 unspecified atom stereocenters. The van der Waals surface area contributed by atoms with Crippen LogP contribution in [0.3, 0.4) is 0 Å². The monoisotopic (exact) mass is 172 g/mol. The molecule has 0 fully saturated rings. The van der Waals surface area contributed by atoms with Crippen LogP contribution in [0.2, 0.25) is 0 Å². The van der Waals surface area contributed by atoms with Crippen molar-refractivity contribution in [3.8, 4) is 0 Å². The van der Waals surface area contributed by atoms with Crippen molar-refractivity contribution in [3.63, 3.8) is 0 Å². The maximum atomic E-state index is 12.9. The molecule has 1 rings (SSSR count). The highest BCUT2D eigenvalue weighted by molar-refractivity contribution is 5.29. The van der Waals surface area contributed by atoms with Crippen LogP contribution in [0.25, 0.3) is 0 Å². The molecule has 0 heterocycles. The summed E-state index contributed by atoms with van der Waals surface area (Å²) in [5.41, 5.74) is 0.393. The lowest BCUT2D eigenvalue weighted by Crippen LogP contribution is -2.19. The number of benzene rings is 1. The summed E-state index contributed by atoms with van der Waals surface area (Å²) in [6.45, 7) is 0.455. The standard InChI is InChI=1S/C9H10F2O/c1-7-4-2-3-5-8(7)9(10,11)6-12/h2-5,12H,6H2,1H3. The van der Waals surface area contributed by atoms with Crippen molar-refractivity contribution >= 4 is 0 Å². The van der Waals surface area contributed by atoms with E-state index in [-0.39, 0.29) is 5.56 Å². The Morgan fingerprint density at radius 1 is 1.33 bits per heavy atom. The molecule has 0 bridgehead atoms. The van der Waals surface area contributed by atoms with Gasteiger partial charge in [0.2, 0.25) is 0 Å². The van der Waals surface area contributed by atoms with E-state index < -0.39 is 12.5 Å². The quantitative estimate of drug-likeness (QED) is 0.724. The summed E-state index contributed by atoms with van der Waals surface area (Å²) in [5, 5.41) is 8.42. The molecule has 0 atom stereocenters. The van der Waals surface area contributed by atoms with Crippen LogP contribution in [0.15, 0.2) is 24.3 Å². The Hall–Kier alpha value is -0.960. The van der Waals surface area contributed by atoms with Crippen LogP contribution in [0, 0.1) is 6.92 Å². The maximum absolute atomic E-state index is 12.9. The second-order valence-corrected chi connectivity index (χ2v) is 2.68. The summed E-state index contributed by atoms with van der Waals surface area (Å²) in [5.74, 6) is -3.12. The number of hydrogen-bond acceptors (Lipinski definition) is 1. The molecule has 1 aromatic carbocycles. The highest BCUT2D eigenvalue weighted by atomic mass is 19.3. The minimum absolute atomic E-state index is 0.104. The second-order valence-electron chi connectivity index (χ2n) is 2.68. The number of alkyl halides is 2. The third kappa shape index (κ3) is 1.61. The van der Waals surface area contributed by atoms with Gasteiger partial charge in [-0.25, -0.2) is 0 Å². The molecule has 0 aliphatic heterocycles. The molecule has 0 aliphatic rings. The van der Waals surface area contributed by atoms with Crippen molar-refractivity contribution in [2.45, 2.75) is 12.8 Å². The summed E-state index contributed by atoms with van der Waals surface area (Å²) in [6, 6.07) is 6.14. The Kier molecular flexibility index (Phi) is 2.43. The summed E-state index contributed by atoms with van der Waals surface area (Å²) in [4.78, 5) is 0. The molecule has 0 saturated carbocycles. The number of halogens is 2. The van der Waals surface area contributed by atoms with Gasteiger partial charge in [-0.3, -0.25) is 0 Å². The molecule has 0 saturated heterocycles. The normalized spacial score (nSPS) is 11.7. The van der Waals surface area contributed by atoms with E-state index in [4.69, 9.17) is 5.11 Å².